The van der Waals surface area contributed by atoms with E-state index in [1.165, 1.54) is 11.3 Å². The summed E-state index contributed by atoms with van der Waals surface area (Å²) in [7, 11) is 0. The first-order valence-corrected chi connectivity index (χ1v) is 11.4. The zero-order valence-electron chi connectivity index (χ0n) is 18.8. The molecule has 1 saturated heterocycles. The molecule has 4 rings (SSSR count). The lowest BCUT2D eigenvalue weighted by atomic mass is 10.1. The van der Waals surface area contributed by atoms with Crippen molar-refractivity contribution in [3.05, 3.63) is 81.4 Å². The van der Waals surface area contributed by atoms with Gasteiger partial charge in [-0.3, -0.25) is 14.6 Å². The standard InChI is InChI=1S/C25H31ClN4O/c1-17(2)30-19(4)22(18(3)28-30)15-29-11-12-31-25(16-29)24-10-9-20(14-27-24)13-21-7-5-6-8-23(21)26/h5-10,14,17,25H,11-13,15-16H2,1-4H3/t25-/m1/s1. The quantitative estimate of drug-likeness (QED) is 0.524. The van der Waals surface area contributed by atoms with Gasteiger partial charge in [0.2, 0.25) is 0 Å². The van der Waals surface area contributed by atoms with Crippen molar-refractivity contribution >= 4 is 11.6 Å². The van der Waals surface area contributed by atoms with Gasteiger partial charge in [-0.25, -0.2) is 0 Å². The number of aryl methyl sites for hydroxylation is 1. The lowest BCUT2D eigenvalue weighted by Crippen LogP contribution is -2.38. The molecule has 1 atom stereocenters. The van der Waals surface area contributed by atoms with Crippen molar-refractivity contribution in [1.82, 2.24) is 19.7 Å². The molecule has 1 aliphatic rings. The molecule has 1 aromatic carbocycles. The first-order valence-electron chi connectivity index (χ1n) is 11.0. The number of aromatic nitrogens is 3. The Morgan fingerprint density at radius 3 is 2.65 bits per heavy atom. The van der Waals surface area contributed by atoms with Crippen LogP contribution in [0.3, 0.4) is 0 Å². The van der Waals surface area contributed by atoms with Gasteiger partial charge in [0.25, 0.3) is 0 Å². The Kier molecular flexibility index (Phi) is 6.75. The summed E-state index contributed by atoms with van der Waals surface area (Å²) in [5, 5.41) is 5.54. The minimum atomic E-state index is -0.0103. The number of pyridine rings is 1. The lowest BCUT2D eigenvalue weighted by Gasteiger charge is -2.32. The van der Waals surface area contributed by atoms with Crippen LogP contribution in [0.25, 0.3) is 0 Å². The van der Waals surface area contributed by atoms with Crippen LogP contribution in [0, 0.1) is 13.8 Å². The molecule has 1 aliphatic heterocycles. The summed E-state index contributed by atoms with van der Waals surface area (Å²) in [6, 6.07) is 12.6. The van der Waals surface area contributed by atoms with Gasteiger partial charge in [-0.05, 0) is 51.0 Å². The van der Waals surface area contributed by atoms with Gasteiger partial charge in [-0.1, -0.05) is 35.9 Å². The van der Waals surface area contributed by atoms with Crippen molar-refractivity contribution in [3.63, 3.8) is 0 Å². The Morgan fingerprint density at radius 2 is 1.97 bits per heavy atom. The molecule has 0 unspecified atom stereocenters. The number of nitrogens with zero attached hydrogens (tertiary/aromatic N) is 4. The van der Waals surface area contributed by atoms with Crippen LogP contribution in [0.2, 0.25) is 5.02 Å². The fourth-order valence-corrected chi connectivity index (χ4v) is 4.47. The predicted molar refractivity (Wildman–Crippen MR) is 125 cm³/mol. The Morgan fingerprint density at radius 1 is 1.16 bits per heavy atom. The van der Waals surface area contributed by atoms with E-state index in [0.717, 1.165) is 53.6 Å². The molecular formula is C25H31ClN4O. The Bertz CT molecular complexity index is 1030. The molecule has 0 aliphatic carbocycles. The summed E-state index contributed by atoms with van der Waals surface area (Å²) in [5.41, 5.74) is 6.97. The smallest absolute Gasteiger partial charge is 0.112 e. The normalized spacial score (nSPS) is 17.4. The monoisotopic (exact) mass is 438 g/mol. The van der Waals surface area contributed by atoms with E-state index in [1.807, 2.05) is 24.4 Å². The molecule has 164 valence electrons. The second-order valence-corrected chi connectivity index (χ2v) is 9.05. The van der Waals surface area contributed by atoms with E-state index >= 15 is 0 Å². The number of benzene rings is 1. The third kappa shape index (κ3) is 5.00. The summed E-state index contributed by atoms with van der Waals surface area (Å²) in [6.45, 7) is 12.0. The van der Waals surface area contributed by atoms with E-state index in [1.54, 1.807) is 0 Å². The van der Waals surface area contributed by atoms with Crippen molar-refractivity contribution in [2.45, 2.75) is 52.8 Å². The summed E-state index contributed by atoms with van der Waals surface area (Å²) in [5.74, 6) is 0. The highest BCUT2D eigenvalue weighted by Crippen LogP contribution is 2.25. The van der Waals surface area contributed by atoms with Gasteiger partial charge in [-0.15, -0.1) is 0 Å². The Labute approximate surface area is 190 Å². The maximum Gasteiger partial charge on any atom is 0.112 e. The number of hydrogen-bond donors (Lipinski definition) is 0. The number of hydrogen-bond acceptors (Lipinski definition) is 4. The minimum absolute atomic E-state index is 0.0103. The molecule has 0 N–H and O–H groups in total. The molecule has 2 aromatic heterocycles. The van der Waals surface area contributed by atoms with Gasteiger partial charge >= 0.3 is 0 Å². The predicted octanol–water partition coefficient (Wildman–Crippen LogP) is 5.29. The summed E-state index contributed by atoms with van der Waals surface area (Å²) >= 11 is 6.30. The average molecular weight is 439 g/mol. The van der Waals surface area contributed by atoms with Gasteiger partial charge in [0, 0.05) is 54.6 Å². The van der Waals surface area contributed by atoms with Gasteiger partial charge in [-0.2, -0.15) is 5.10 Å². The highest BCUT2D eigenvalue weighted by atomic mass is 35.5. The maximum atomic E-state index is 6.30. The van der Waals surface area contributed by atoms with Gasteiger partial charge in [0.15, 0.2) is 0 Å². The number of morpholine rings is 1. The van der Waals surface area contributed by atoms with Gasteiger partial charge in [0.1, 0.15) is 6.10 Å². The number of rotatable bonds is 6. The Hall–Kier alpha value is -2.21. The van der Waals surface area contributed by atoms with E-state index in [9.17, 15) is 0 Å². The summed E-state index contributed by atoms with van der Waals surface area (Å²) in [4.78, 5) is 7.17. The highest BCUT2D eigenvalue weighted by Gasteiger charge is 2.25. The second kappa shape index (κ2) is 9.51. The van der Waals surface area contributed by atoms with Crippen molar-refractivity contribution in [2.24, 2.45) is 0 Å². The van der Waals surface area contributed by atoms with Crippen LogP contribution in [-0.4, -0.2) is 39.4 Å². The van der Waals surface area contributed by atoms with Crippen molar-refractivity contribution in [1.29, 1.82) is 0 Å². The minimum Gasteiger partial charge on any atom is -0.369 e. The van der Waals surface area contributed by atoms with E-state index in [0.29, 0.717) is 12.6 Å². The lowest BCUT2D eigenvalue weighted by molar-refractivity contribution is -0.0351. The molecule has 31 heavy (non-hydrogen) atoms. The number of halogens is 1. The molecule has 3 aromatic rings. The van der Waals surface area contributed by atoms with Crippen LogP contribution in [-0.2, 0) is 17.7 Å². The third-order valence-electron chi connectivity index (χ3n) is 6.03. The zero-order valence-corrected chi connectivity index (χ0v) is 19.6. The highest BCUT2D eigenvalue weighted by molar-refractivity contribution is 6.31. The molecule has 1 fully saturated rings. The molecule has 0 spiro atoms. The van der Waals surface area contributed by atoms with E-state index in [2.05, 4.69) is 55.5 Å². The van der Waals surface area contributed by atoms with Crippen LogP contribution in [0.1, 0.15) is 59.8 Å². The third-order valence-corrected chi connectivity index (χ3v) is 6.39. The summed E-state index contributed by atoms with van der Waals surface area (Å²) in [6.07, 6.45) is 2.72. The van der Waals surface area contributed by atoms with Crippen LogP contribution in [0.5, 0.6) is 0 Å². The molecule has 0 saturated carbocycles. The van der Waals surface area contributed by atoms with Crippen LogP contribution in [0.4, 0.5) is 0 Å². The maximum absolute atomic E-state index is 6.30. The van der Waals surface area contributed by atoms with Gasteiger partial charge < -0.3 is 4.74 Å². The summed E-state index contributed by atoms with van der Waals surface area (Å²) < 4.78 is 8.19. The molecule has 5 nitrogen and oxygen atoms in total. The molecule has 3 heterocycles. The first kappa shape index (κ1) is 22.0. The van der Waals surface area contributed by atoms with Crippen molar-refractivity contribution in [2.75, 3.05) is 19.7 Å². The second-order valence-electron chi connectivity index (χ2n) is 8.64. The van der Waals surface area contributed by atoms with Crippen LogP contribution in [0.15, 0.2) is 42.6 Å². The van der Waals surface area contributed by atoms with Crippen molar-refractivity contribution in [3.8, 4) is 0 Å². The fourth-order valence-electron chi connectivity index (χ4n) is 4.27. The first-order chi connectivity index (χ1) is 14.9. The van der Waals surface area contributed by atoms with Gasteiger partial charge in [0.05, 0.1) is 18.0 Å². The van der Waals surface area contributed by atoms with Crippen LogP contribution >= 0.6 is 11.6 Å². The molecule has 6 heteroatoms. The molecule has 0 radical (unpaired) electrons. The Balaban J connectivity index is 1.42. The van der Waals surface area contributed by atoms with Crippen molar-refractivity contribution < 1.29 is 4.74 Å². The zero-order chi connectivity index (χ0) is 22.0. The van der Waals surface area contributed by atoms with E-state index < -0.39 is 0 Å². The van der Waals surface area contributed by atoms with E-state index in [4.69, 9.17) is 26.4 Å². The van der Waals surface area contributed by atoms with Crippen LogP contribution < -0.4 is 0 Å². The molecular weight excluding hydrogens is 408 g/mol. The topological polar surface area (TPSA) is 43.2 Å². The fraction of sp³-hybridized carbons (Fsp3) is 0.440. The molecule has 0 bridgehead atoms. The average Bonchev–Trinajstić information content (AvgIpc) is 3.05. The SMILES string of the molecule is Cc1nn(C(C)C)c(C)c1CN1CCO[C@@H](c2ccc(Cc3ccccc3Cl)cn2)C1. The van der Waals surface area contributed by atoms with E-state index in [-0.39, 0.29) is 6.10 Å². The number of ether oxygens (including phenoxy) is 1. The largest absolute Gasteiger partial charge is 0.369 e. The molecule has 0 amide bonds.